The molecule has 0 aliphatic carbocycles. The second kappa shape index (κ2) is 7.96. The van der Waals surface area contributed by atoms with E-state index in [1.54, 1.807) is 0 Å². The maximum Gasteiger partial charge on any atom is 0.328 e. The van der Waals surface area contributed by atoms with Gasteiger partial charge in [-0.2, -0.15) is 0 Å². The minimum Gasteiger partial charge on any atom is -0.480 e. The Balaban J connectivity index is 2.19. The molecule has 1 rings (SSSR count). The zero-order valence-corrected chi connectivity index (χ0v) is 11.3. The predicted octanol–water partition coefficient (Wildman–Crippen LogP) is -0.537. The van der Waals surface area contributed by atoms with Crippen LogP contribution in [-0.2, 0) is 4.79 Å². The Labute approximate surface area is 113 Å². The molecule has 4 N–H and O–H groups in total. The van der Waals surface area contributed by atoms with Gasteiger partial charge in [-0.3, -0.25) is 0 Å². The molecule has 0 radical (unpaired) electrons. The van der Waals surface area contributed by atoms with Crippen LogP contribution in [0, 0.1) is 5.92 Å². The number of aliphatic carboxylic acids is 1. The first-order valence-electron chi connectivity index (χ1n) is 6.63. The molecule has 2 amide bonds. The normalized spacial score (nSPS) is 18.8. The summed E-state index contributed by atoms with van der Waals surface area (Å²) in [5.74, 6) is -0.941. The lowest BCUT2D eigenvalue weighted by atomic mass is 10.1. The van der Waals surface area contributed by atoms with Crippen LogP contribution in [0.2, 0.25) is 0 Å². The van der Waals surface area contributed by atoms with Gasteiger partial charge in [-0.15, -0.1) is 0 Å². The minimum atomic E-state index is -1.26. The maximum absolute atomic E-state index is 11.4. The van der Waals surface area contributed by atoms with Gasteiger partial charge in [0.25, 0.3) is 0 Å². The lowest BCUT2D eigenvalue weighted by molar-refractivity contribution is -0.140. The lowest BCUT2D eigenvalue weighted by Gasteiger charge is -2.21. The molecule has 1 heterocycles. The molecule has 2 atom stereocenters. The standard InChI is InChI=1S/C12H23N3O4/c1-9(7-15-4-2-3-5-15)6-13-12(19)14-10(8-16)11(17)18/h9-10,16H,2-8H2,1H3,(H,17,18)(H2,13,14,19). The molecule has 2 unspecified atom stereocenters. The molecule has 110 valence electrons. The molecule has 1 aliphatic rings. The number of likely N-dealkylation sites (tertiary alicyclic amines) is 1. The van der Waals surface area contributed by atoms with Crippen molar-refractivity contribution in [1.82, 2.24) is 15.5 Å². The summed E-state index contributed by atoms with van der Waals surface area (Å²) in [6, 6.07) is -1.82. The highest BCUT2D eigenvalue weighted by Crippen LogP contribution is 2.09. The molecule has 0 bridgehead atoms. The van der Waals surface area contributed by atoms with E-state index >= 15 is 0 Å². The zero-order valence-electron chi connectivity index (χ0n) is 11.3. The molecular formula is C12H23N3O4. The fraction of sp³-hybridized carbons (Fsp3) is 0.833. The predicted molar refractivity (Wildman–Crippen MR) is 69.9 cm³/mol. The van der Waals surface area contributed by atoms with Crippen molar-refractivity contribution in [3.8, 4) is 0 Å². The van der Waals surface area contributed by atoms with Crippen LogP contribution >= 0.6 is 0 Å². The first-order valence-corrected chi connectivity index (χ1v) is 6.63. The van der Waals surface area contributed by atoms with Crippen molar-refractivity contribution in [3.63, 3.8) is 0 Å². The number of aliphatic hydroxyl groups is 1. The van der Waals surface area contributed by atoms with E-state index in [2.05, 4.69) is 15.5 Å². The first-order chi connectivity index (χ1) is 9.02. The molecule has 0 spiro atoms. The average molecular weight is 273 g/mol. The molecule has 19 heavy (non-hydrogen) atoms. The molecule has 0 saturated carbocycles. The van der Waals surface area contributed by atoms with Crippen molar-refractivity contribution < 1.29 is 19.8 Å². The van der Waals surface area contributed by atoms with Gasteiger partial charge in [-0.05, 0) is 31.8 Å². The van der Waals surface area contributed by atoms with Gasteiger partial charge < -0.3 is 25.7 Å². The number of carbonyl (C=O) groups excluding carboxylic acids is 1. The van der Waals surface area contributed by atoms with Crippen LogP contribution in [0.1, 0.15) is 19.8 Å². The Bertz CT molecular complexity index is 305. The van der Waals surface area contributed by atoms with E-state index in [4.69, 9.17) is 10.2 Å². The SMILES string of the molecule is CC(CNC(=O)NC(CO)C(=O)O)CN1CCCC1. The van der Waals surface area contributed by atoms with Gasteiger partial charge in [0.15, 0.2) is 6.04 Å². The van der Waals surface area contributed by atoms with Crippen LogP contribution in [0.5, 0.6) is 0 Å². The Hall–Kier alpha value is -1.34. The van der Waals surface area contributed by atoms with Crippen LogP contribution in [0.3, 0.4) is 0 Å². The summed E-state index contributed by atoms with van der Waals surface area (Å²) < 4.78 is 0. The summed E-state index contributed by atoms with van der Waals surface area (Å²) in [5.41, 5.74) is 0. The number of hydrogen-bond donors (Lipinski definition) is 4. The summed E-state index contributed by atoms with van der Waals surface area (Å²) in [4.78, 5) is 24.4. The Morgan fingerprint density at radius 1 is 1.32 bits per heavy atom. The number of aliphatic hydroxyl groups excluding tert-OH is 1. The molecule has 1 fully saturated rings. The van der Waals surface area contributed by atoms with Crippen molar-refractivity contribution in [3.05, 3.63) is 0 Å². The largest absolute Gasteiger partial charge is 0.480 e. The van der Waals surface area contributed by atoms with E-state index in [1.807, 2.05) is 6.92 Å². The maximum atomic E-state index is 11.4. The third-order valence-electron chi connectivity index (χ3n) is 3.17. The topological polar surface area (TPSA) is 102 Å². The summed E-state index contributed by atoms with van der Waals surface area (Å²) >= 11 is 0. The van der Waals surface area contributed by atoms with Crippen LogP contribution in [0.25, 0.3) is 0 Å². The second-order valence-electron chi connectivity index (χ2n) is 5.04. The fourth-order valence-electron chi connectivity index (χ4n) is 2.13. The van der Waals surface area contributed by atoms with Crippen molar-refractivity contribution in [2.45, 2.75) is 25.8 Å². The summed E-state index contributed by atoms with van der Waals surface area (Å²) in [5, 5.41) is 22.3. The van der Waals surface area contributed by atoms with Crippen LogP contribution in [0.15, 0.2) is 0 Å². The molecular weight excluding hydrogens is 250 g/mol. The summed E-state index contributed by atoms with van der Waals surface area (Å²) in [6.45, 7) is 5.07. The fourth-order valence-corrected chi connectivity index (χ4v) is 2.13. The number of hydrogen-bond acceptors (Lipinski definition) is 4. The van der Waals surface area contributed by atoms with E-state index in [1.165, 1.54) is 12.8 Å². The van der Waals surface area contributed by atoms with Crippen molar-refractivity contribution >= 4 is 12.0 Å². The number of rotatable bonds is 7. The third kappa shape index (κ3) is 5.89. The van der Waals surface area contributed by atoms with Gasteiger partial charge >= 0.3 is 12.0 Å². The first kappa shape index (κ1) is 15.7. The number of carbonyl (C=O) groups is 2. The van der Waals surface area contributed by atoms with E-state index in [0.717, 1.165) is 19.6 Å². The van der Waals surface area contributed by atoms with Crippen molar-refractivity contribution in [2.24, 2.45) is 5.92 Å². The highest BCUT2D eigenvalue weighted by molar-refractivity contribution is 5.82. The molecule has 0 aromatic rings. The molecule has 0 aromatic heterocycles. The van der Waals surface area contributed by atoms with E-state index < -0.39 is 24.6 Å². The number of urea groups is 1. The van der Waals surface area contributed by atoms with Gasteiger partial charge in [0.1, 0.15) is 0 Å². The van der Waals surface area contributed by atoms with Gasteiger partial charge in [0.05, 0.1) is 6.61 Å². The highest BCUT2D eigenvalue weighted by atomic mass is 16.4. The number of amides is 2. The van der Waals surface area contributed by atoms with Crippen molar-refractivity contribution in [1.29, 1.82) is 0 Å². The number of nitrogens with one attached hydrogen (secondary N) is 2. The van der Waals surface area contributed by atoms with Gasteiger partial charge in [0, 0.05) is 13.1 Å². The van der Waals surface area contributed by atoms with Crippen molar-refractivity contribution in [2.75, 3.05) is 32.8 Å². The number of carboxylic acid groups (broad SMARTS) is 1. The molecule has 7 nitrogen and oxygen atoms in total. The second-order valence-corrected chi connectivity index (χ2v) is 5.04. The molecule has 1 saturated heterocycles. The minimum absolute atomic E-state index is 0.307. The quantitative estimate of drug-likeness (QED) is 0.499. The van der Waals surface area contributed by atoms with E-state index in [9.17, 15) is 9.59 Å². The molecule has 1 aliphatic heterocycles. The third-order valence-corrected chi connectivity index (χ3v) is 3.17. The Morgan fingerprint density at radius 2 is 1.95 bits per heavy atom. The van der Waals surface area contributed by atoms with Gasteiger partial charge in [-0.25, -0.2) is 9.59 Å². The average Bonchev–Trinajstić information content (AvgIpc) is 2.85. The van der Waals surface area contributed by atoms with Crippen LogP contribution in [0.4, 0.5) is 4.79 Å². The van der Waals surface area contributed by atoms with Crippen LogP contribution in [-0.4, -0.2) is 65.9 Å². The number of carboxylic acids is 1. The summed E-state index contributed by atoms with van der Waals surface area (Å²) in [7, 11) is 0. The van der Waals surface area contributed by atoms with E-state index in [-0.39, 0.29) is 0 Å². The highest BCUT2D eigenvalue weighted by Gasteiger charge is 2.19. The summed E-state index contributed by atoms with van der Waals surface area (Å²) in [6.07, 6.45) is 2.47. The smallest absolute Gasteiger partial charge is 0.328 e. The molecule has 0 aromatic carbocycles. The van der Waals surface area contributed by atoms with E-state index in [0.29, 0.717) is 12.5 Å². The van der Waals surface area contributed by atoms with Gasteiger partial charge in [0.2, 0.25) is 0 Å². The monoisotopic (exact) mass is 273 g/mol. The molecule has 7 heteroatoms. The Kier molecular flexibility index (Phi) is 6.58. The van der Waals surface area contributed by atoms with Crippen LogP contribution < -0.4 is 10.6 Å². The Morgan fingerprint density at radius 3 is 2.47 bits per heavy atom. The zero-order chi connectivity index (χ0) is 14.3. The number of nitrogens with zero attached hydrogens (tertiary/aromatic N) is 1. The lowest BCUT2D eigenvalue weighted by Crippen LogP contribution is -2.49. The van der Waals surface area contributed by atoms with Gasteiger partial charge in [-0.1, -0.05) is 6.92 Å².